The van der Waals surface area contributed by atoms with Crippen molar-refractivity contribution in [2.75, 3.05) is 49.5 Å². The Hall–Kier alpha value is -3.18. The first-order chi connectivity index (χ1) is 17.0. The fraction of sp³-hybridized carbons (Fsp3) is 0.458. The molecular weight excluding hydrogens is 468 g/mol. The zero-order valence-electron chi connectivity index (χ0n) is 20.0. The van der Waals surface area contributed by atoms with Crippen LogP contribution in [0.15, 0.2) is 39.4 Å². The third kappa shape index (κ3) is 7.40. The summed E-state index contributed by atoms with van der Waals surface area (Å²) in [6.45, 7) is 7.78. The number of piperazine rings is 1. The summed E-state index contributed by atoms with van der Waals surface area (Å²) in [6, 6.07) is 9.71. The van der Waals surface area contributed by atoms with E-state index >= 15 is 0 Å². The van der Waals surface area contributed by atoms with E-state index in [1.807, 2.05) is 36.1 Å². The SMILES string of the molecule is Cc1ccc(-c2noc(CCCN3CCN(C(=O)CSCC(=O)Nc4cc(C)on4)CC3)n2)cc1. The monoisotopic (exact) mass is 498 g/mol. The van der Waals surface area contributed by atoms with Crippen LogP contribution in [-0.2, 0) is 16.0 Å². The third-order valence-electron chi connectivity index (χ3n) is 5.72. The van der Waals surface area contributed by atoms with Crippen LogP contribution in [0.5, 0.6) is 0 Å². The van der Waals surface area contributed by atoms with E-state index in [-0.39, 0.29) is 23.3 Å². The molecule has 2 aromatic heterocycles. The van der Waals surface area contributed by atoms with Crippen LogP contribution >= 0.6 is 11.8 Å². The number of nitrogens with one attached hydrogen (secondary N) is 1. The van der Waals surface area contributed by atoms with E-state index in [0.29, 0.717) is 36.4 Å². The molecule has 0 aliphatic carbocycles. The lowest BCUT2D eigenvalue weighted by atomic mass is 10.1. The van der Waals surface area contributed by atoms with Crippen molar-refractivity contribution in [1.82, 2.24) is 25.1 Å². The summed E-state index contributed by atoms with van der Waals surface area (Å²) in [5, 5.41) is 10.5. The average Bonchev–Trinajstić information content (AvgIpc) is 3.49. The standard InChI is InChI=1S/C24H30N6O4S/c1-17-5-7-19(8-6-17)24-26-22(34-28-24)4-3-9-29-10-12-30(13-11-29)23(32)16-35-15-21(31)25-20-14-18(2)33-27-20/h5-8,14H,3-4,9-13,15-16H2,1-2H3,(H,25,27,31). The van der Waals surface area contributed by atoms with E-state index in [9.17, 15) is 9.59 Å². The summed E-state index contributed by atoms with van der Waals surface area (Å²) < 4.78 is 10.3. The molecule has 2 amide bonds. The van der Waals surface area contributed by atoms with Gasteiger partial charge in [-0.05, 0) is 26.8 Å². The maximum atomic E-state index is 12.5. The minimum Gasteiger partial charge on any atom is -0.360 e. The van der Waals surface area contributed by atoms with Crippen LogP contribution < -0.4 is 5.32 Å². The van der Waals surface area contributed by atoms with Crippen molar-refractivity contribution in [3.8, 4) is 11.4 Å². The number of carbonyl (C=O) groups excluding carboxylic acids is 2. The van der Waals surface area contributed by atoms with E-state index < -0.39 is 0 Å². The smallest absolute Gasteiger partial charge is 0.235 e. The van der Waals surface area contributed by atoms with Crippen molar-refractivity contribution in [1.29, 1.82) is 0 Å². The van der Waals surface area contributed by atoms with E-state index in [1.54, 1.807) is 13.0 Å². The van der Waals surface area contributed by atoms with Gasteiger partial charge in [-0.1, -0.05) is 40.1 Å². The summed E-state index contributed by atoms with van der Waals surface area (Å²) in [7, 11) is 0. The van der Waals surface area contributed by atoms with Crippen LogP contribution in [-0.4, -0.2) is 81.1 Å². The molecule has 10 nitrogen and oxygen atoms in total. The van der Waals surface area contributed by atoms with Crippen molar-refractivity contribution in [2.24, 2.45) is 0 Å². The molecule has 1 aliphatic rings. The number of anilines is 1. The second-order valence-corrected chi connectivity index (χ2v) is 9.55. The molecule has 11 heteroatoms. The van der Waals surface area contributed by atoms with Crippen molar-refractivity contribution in [3.05, 3.63) is 47.5 Å². The highest BCUT2D eigenvalue weighted by Gasteiger charge is 2.21. The number of carbonyl (C=O) groups is 2. The van der Waals surface area contributed by atoms with Gasteiger partial charge in [0.1, 0.15) is 5.76 Å². The molecule has 0 atom stereocenters. The molecule has 1 aromatic carbocycles. The van der Waals surface area contributed by atoms with Gasteiger partial charge in [-0.3, -0.25) is 14.5 Å². The van der Waals surface area contributed by atoms with Crippen LogP contribution in [0.3, 0.4) is 0 Å². The molecule has 1 N–H and O–H groups in total. The Balaban J connectivity index is 1.10. The Morgan fingerprint density at radius 3 is 2.51 bits per heavy atom. The molecule has 0 unspecified atom stereocenters. The highest BCUT2D eigenvalue weighted by Crippen LogP contribution is 2.17. The molecule has 0 bridgehead atoms. The normalized spacial score (nSPS) is 14.3. The summed E-state index contributed by atoms with van der Waals surface area (Å²) >= 11 is 1.30. The Morgan fingerprint density at radius 2 is 1.80 bits per heavy atom. The van der Waals surface area contributed by atoms with E-state index in [4.69, 9.17) is 9.05 Å². The van der Waals surface area contributed by atoms with Gasteiger partial charge in [0.15, 0.2) is 5.82 Å². The molecule has 3 heterocycles. The topological polar surface area (TPSA) is 118 Å². The van der Waals surface area contributed by atoms with Crippen LogP contribution in [0.2, 0.25) is 0 Å². The first-order valence-corrected chi connectivity index (χ1v) is 12.8. The zero-order chi connectivity index (χ0) is 24.6. The summed E-state index contributed by atoms with van der Waals surface area (Å²) in [6.07, 6.45) is 1.64. The Kier molecular flexibility index (Phi) is 8.54. The van der Waals surface area contributed by atoms with E-state index in [1.165, 1.54) is 17.3 Å². The predicted molar refractivity (Wildman–Crippen MR) is 133 cm³/mol. The summed E-state index contributed by atoms with van der Waals surface area (Å²) in [5.41, 5.74) is 2.15. The maximum absolute atomic E-state index is 12.5. The molecule has 186 valence electrons. The molecule has 1 aliphatic heterocycles. The minimum absolute atomic E-state index is 0.0641. The first-order valence-electron chi connectivity index (χ1n) is 11.7. The third-order valence-corrected chi connectivity index (χ3v) is 6.64. The minimum atomic E-state index is -0.201. The van der Waals surface area contributed by atoms with Crippen LogP contribution in [0.1, 0.15) is 23.6 Å². The number of hydrogen-bond donors (Lipinski definition) is 1. The molecule has 0 spiro atoms. The second kappa shape index (κ2) is 12.0. The van der Waals surface area contributed by atoms with Gasteiger partial charge in [0.2, 0.25) is 23.5 Å². The molecule has 4 rings (SSSR count). The van der Waals surface area contributed by atoms with Gasteiger partial charge in [0.05, 0.1) is 11.5 Å². The average molecular weight is 499 g/mol. The lowest BCUT2D eigenvalue weighted by molar-refractivity contribution is -0.130. The molecule has 35 heavy (non-hydrogen) atoms. The number of amides is 2. The quantitative estimate of drug-likeness (QED) is 0.450. The lowest BCUT2D eigenvalue weighted by Gasteiger charge is -2.34. The number of thioether (sulfide) groups is 1. The largest absolute Gasteiger partial charge is 0.360 e. The van der Waals surface area contributed by atoms with Gasteiger partial charge in [0.25, 0.3) is 0 Å². The van der Waals surface area contributed by atoms with Gasteiger partial charge in [-0.15, -0.1) is 11.8 Å². The zero-order valence-corrected chi connectivity index (χ0v) is 20.8. The van der Waals surface area contributed by atoms with Crippen molar-refractivity contribution < 1.29 is 18.6 Å². The maximum Gasteiger partial charge on any atom is 0.235 e. The van der Waals surface area contributed by atoms with Gasteiger partial charge >= 0.3 is 0 Å². The molecular formula is C24H30N6O4S. The Labute approximate surface area is 208 Å². The second-order valence-electron chi connectivity index (χ2n) is 8.57. The predicted octanol–water partition coefficient (Wildman–Crippen LogP) is 2.79. The van der Waals surface area contributed by atoms with Crippen molar-refractivity contribution >= 4 is 29.4 Å². The Bertz CT molecular complexity index is 1120. The van der Waals surface area contributed by atoms with Crippen LogP contribution in [0, 0.1) is 13.8 Å². The number of aromatic nitrogens is 3. The summed E-state index contributed by atoms with van der Waals surface area (Å²) in [5.74, 6) is 2.63. The van der Waals surface area contributed by atoms with Gasteiger partial charge < -0.3 is 19.3 Å². The summed E-state index contributed by atoms with van der Waals surface area (Å²) in [4.78, 5) is 33.2. The Morgan fingerprint density at radius 1 is 1.03 bits per heavy atom. The van der Waals surface area contributed by atoms with Gasteiger partial charge in [-0.25, -0.2) is 0 Å². The molecule has 0 saturated carbocycles. The molecule has 1 fully saturated rings. The van der Waals surface area contributed by atoms with Crippen LogP contribution in [0.4, 0.5) is 5.82 Å². The van der Waals surface area contributed by atoms with E-state index in [0.717, 1.165) is 38.0 Å². The van der Waals surface area contributed by atoms with Gasteiger partial charge in [0, 0.05) is 44.2 Å². The fourth-order valence-electron chi connectivity index (χ4n) is 3.78. The highest BCUT2D eigenvalue weighted by molar-refractivity contribution is 8.00. The number of benzene rings is 1. The fourth-order valence-corrected chi connectivity index (χ4v) is 4.49. The molecule has 0 radical (unpaired) electrons. The number of hydrogen-bond acceptors (Lipinski definition) is 9. The molecule has 3 aromatic rings. The van der Waals surface area contributed by atoms with Crippen molar-refractivity contribution in [3.63, 3.8) is 0 Å². The highest BCUT2D eigenvalue weighted by atomic mass is 32.2. The molecule has 1 saturated heterocycles. The number of aryl methyl sites for hydroxylation is 3. The number of nitrogens with zero attached hydrogens (tertiary/aromatic N) is 5. The van der Waals surface area contributed by atoms with Crippen molar-refractivity contribution in [2.45, 2.75) is 26.7 Å². The number of rotatable bonds is 10. The van der Waals surface area contributed by atoms with Gasteiger partial charge in [-0.2, -0.15) is 4.98 Å². The first kappa shape index (κ1) is 24.9. The lowest BCUT2D eigenvalue weighted by Crippen LogP contribution is -2.49. The van der Waals surface area contributed by atoms with Crippen LogP contribution in [0.25, 0.3) is 11.4 Å². The van der Waals surface area contributed by atoms with E-state index in [2.05, 4.69) is 25.5 Å².